The van der Waals surface area contributed by atoms with Crippen LogP contribution in [0.1, 0.15) is 34.3 Å². The number of aromatic nitrogens is 2. The average Bonchev–Trinajstić information content (AvgIpc) is 3.18. The molecule has 1 aliphatic rings. The zero-order valence-electron chi connectivity index (χ0n) is 14.8. The van der Waals surface area contributed by atoms with Crippen LogP contribution in [0.2, 0.25) is 0 Å². The summed E-state index contributed by atoms with van der Waals surface area (Å²) in [6.07, 6.45) is 0. The average molecular weight is 346 g/mol. The fraction of sp³-hybridized carbons (Fsp3) is 0.200. The summed E-state index contributed by atoms with van der Waals surface area (Å²) in [7, 11) is 0. The van der Waals surface area contributed by atoms with E-state index >= 15 is 0 Å². The largest absolute Gasteiger partial charge is 0.465 e. The molecule has 6 nitrogen and oxygen atoms in total. The number of benzene rings is 1. The van der Waals surface area contributed by atoms with Gasteiger partial charge in [0.25, 0.3) is 0 Å². The lowest BCUT2D eigenvalue weighted by atomic mass is 9.88. The molecule has 2 N–H and O–H groups in total. The molecule has 0 radical (unpaired) electrons. The van der Waals surface area contributed by atoms with Gasteiger partial charge >= 0.3 is 0 Å². The highest BCUT2D eigenvalue weighted by Crippen LogP contribution is 2.44. The Kier molecular flexibility index (Phi) is 3.58. The van der Waals surface area contributed by atoms with E-state index in [-0.39, 0.29) is 5.88 Å². The van der Waals surface area contributed by atoms with Crippen LogP contribution in [-0.4, -0.2) is 9.78 Å². The summed E-state index contributed by atoms with van der Waals surface area (Å²) in [5.74, 6) is 1.58. The highest BCUT2D eigenvalue weighted by atomic mass is 16.5. The molecule has 3 aromatic rings. The van der Waals surface area contributed by atoms with Crippen LogP contribution in [0.3, 0.4) is 0 Å². The minimum Gasteiger partial charge on any atom is -0.465 e. The first-order chi connectivity index (χ1) is 12.5. The molecule has 0 aliphatic carbocycles. The highest BCUT2D eigenvalue weighted by Gasteiger charge is 2.37. The van der Waals surface area contributed by atoms with E-state index in [1.165, 1.54) is 0 Å². The van der Waals surface area contributed by atoms with Gasteiger partial charge in [0.05, 0.1) is 22.9 Å². The number of ether oxygens (including phenoxy) is 1. The lowest BCUT2D eigenvalue weighted by molar-refractivity contribution is 0.359. The summed E-state index contributed by atoms with van der Waals surface area (Å²) in [6.45, 7) is 5.79. The molecular weight excluding hydrogens is 328 g/mol. The van der Waals surface area contributed by atoms with E-state index in [0.29, 0.717) is 17.2 Å². The zero-order chi connectivity index (χ0) is 18.4. The van der Waals surface area contributed by atoms with Crippen LogP contribution in [0.25, 0.3) is 5.69 Å². The maximum Gasteiger partial charge on any atom is 0.229 e. The van der Waals surface area contributed by atoms with Crippen molar-refractivity contribution in [3.63, 3.8) is 0 Å². The zero-order valence-corrected chi connectivity index (χ0v) is 14.8. The van der Waals surface area contributed by atoms with Crippen molar-refractivity contribution in [2.45, 2.75) is 26.7 Å². The number of hydrogen-bond acceptors (Lipinski definition) is 5. The van der Waals surface area contributed by atoms with Gasteiger partial charge < -0.3 is 14.9 Å². The number of nitrogens with zero attached hydrogens (tertiary/aromatic N) is 3. The van der Waals surface area contributed by atoms with Crippen LogP contribution in [-0.2, 0) is 0 Å². The van der Waals surface area contributed by atoms with Crippen LogP contribution in [0.5, 0.6) is 5.88 Å². The van der Waals surface area contributed by atoms with Gasteiger partial charge in [-0.05, 0) is 45.0 Å². The van der Waals surface area contributed by atoms with Gasteiger partial charge in [-0.1, -0.05) is 17.7 Å². The minimum atomic E-state index is -0.434. The first-order valence-electron chi connectivity index (χ1n) is 8.30. The van der Waals surface area contributed by atoms with E-state index < -0.39 is 5.92 Å². The number of allylic oxidation sites excluding steroid dienone is 1. The third-order valence-corrected chi connectivity index (χ3v) is 4.56. The molecule has 0 fully saturated rings. The third-order valence-electron chi connectivity index (χ3n) is 4.56. The number of nitriles is 1. The Hall–Kier alpha value is -3.46. The van der Waals surface area contributed by atoms with Crippen molar-refractivity contribution in [2.24, 2.45) is 5.73 Å². The third kappa shape index (κ3) is 2.37. The second kappa shape index (κ2) is 5.81. The topological polar surface area (TPSA) is 90.0 Å². The molecule has 6 heteroatoms. The number of nitrogens with two attached hydrogens (primary N) is 1. The Morgan fingerprint density at radius 3 is 2.46 bits per heavy atom. The Labute approximate surface area is 151 Å². The van der Waals surface area contributed by atoms with Crippen molar-refractivity contribution >= 4 is 0 Å². The number of furan rings is 1. The molecule has 26 heavy (non-hydrogen) atoms. The summed E-state index contributed by atoms with van der Waals surface area (Å²) >= 11 is 0. The molecule has 0 spiro atoms. The fourth-order valence-electron chi connectivity index (χ4n) is 3.27. The van der Waals surface area contributed by atoms with Crippen molar-refractivity contribution in [1.82, 2.24) is 9.78 Å². The number of fused-ring (bicyclic) bond motifs is 1. The van der Waals surface area contributed by atoms with Crippen LogP contribution in [0.4, 0.5) is 0 Å². The maximum absolute atomic E-state index is 9.63. The first-order valence-corrected chi connectivity index (χ1v) is 8.30. The second-order valence-electron chi connectivity index (χ2n) is 6.42. The van der Waals surface area contributed by atoms with Gasteiger partial charge in [-0.3, -0.25) is 0 Å². The maximum atomic E-state index is 9.63. The van der Waals surface area contributed by atoms with Gasteiger partial charge in [0.1, 0.15) is 23.2 Å². The molecule has 2 aromatic heterocycles. The Balaban J connectivity index is 1.94. The quantitative estimate of drug-likeness (QED) is 0.765. The van der Waals surface area contributed by atoms with E-state index in [0.717, 1.165) is 28.3 Å². The molecule has 0 saturated heterocycles. The fourth-order valence-corrected chi connectivity index (χ4v) is 3.27. The molecule has 0 bridgehead atoms. The first kappa shape index (κ1) is 16.0. The minimum absolute atomic E-state index is 0.0762. The lowest BCUT2D eigenvalue weighted by Gasteiger charge is -2.23. The second-order valence-corrected chi connectivity index (χ2v) is 6.42. The predicted octanol–water partition coefficient (Wildman–Crippen LogP) is 3.61. The number of hydrogen-bond donors (Lipinski definition) is 1. The van der Waals surface area contributed by atoms with Crippen LogP contribution >= 0.6 is 0 Å². The summed E-state index contributed by atoms with van der Waals surface area (Å²) in [5, 5.41) is 14.3. The van der Waals surface area contributed by atoms with E-state index in [9.17, 15) is 5.26 Å². The van der Waals surface area contributed by atoms with Crippen LogP contribution < -0.4 is 10.5 Å². The van der Waals surface area contributed by atoms with Crippen LogP contribution in [0.15, 0.2) is 52.3 Å². The van der Waals surface area contributed by atoms with Crippen molar-refractivity contribution in [3.05, 3.63) is 76.2 Å². The molecule has 0 amide bonds. The molecule has 0 unspecified atom stereocenters. The molecule has 3 heterocycles. The molecule has 4 rings (SSSR count). The predicted molar refractivity (Wildman–Crippen MR) is 95.8 cm³/mol. The van der Waals surface area contributed by atoms with Gasteiger partial charge in [-0.15, -0.1) is 0 Å². The summed E-state index contributed by atoms with van der Waals surface area (Å²) < 4.78 is 13.4. The van der Waals surface area contributed by atoms with Crippen molar-refractivity contribution < 1.29 is 9.15 Å². The molecule has 1 aliphatic heterocycles. The van der Waals surface area contributed by atoms with Crippen LogP contribution in [0, 0.1) is 32.1 Å². The highest BCUT2D eigenvalue weighted by molar-refractivity contribution is 5.55. The number of rotatable bonds is 2. The summed E-state index contributed by atoms with van der Waals surface area (Å²) in [6, 6.07) is 13.9. The molecular formula is C20H18N4O2. The summed E-state index contributed by atoms with van der Waals surface area (Å²) in [4.78, 5) is 0. The van der Waals surface area contributed by atoms with Gasteiger partial charge in [0.2, 0.25) is 11.8 Å². The van der Waals surface area contributed by atoms with E-state index in [1.807, 2.05) is 57.2 Å². The normalized spacial score (nSPS) is 16.2. The molecule has 0 saturated carbocycles. The molecule has 130 valence electrons. The van der Waals surface area contributed by atoms with E-state index in [4.69, 9.17) is 14.9 Å². The molecule has 1 atom stereocenters. The van der Waals surface area contributed by atoms with E-state index in [2.05, 4.69) is 11.2 Å². The monoisotopic (exact) mass is 346 g/mol. The van der Waals surface area contributed by atoms with Crippen molar-refractivity contribution in [3.8, 4) is 17.6 Å². The molecule has 1 aromatic carbocycles. The lowest BCUT2D eigenvalue weighted by Crippen LogP contribution is -2.21. The Bertz CT molecular complexity index is 1060. The smallest absolute Gasteiger partial charge is 0.229 e. The van der Waals surface area contributed by atoms with Gasteiger partial charge in [-0.25, -0.2) is 4.68 Å². The Morgan fingerprint density at radius 2 is 1.85 bits per heavy atom. The van der Waals surface area contributed by atoms with Gasteiger partial charge in [0, 0.05) is 0 Å². The Morgan fingerprint density at radius 1 is 1.12 bits per heavy atom. The van der Waals surface area contributed by atoms with Crippen molar-refractivity contribution in [1.29, 1.82) is 5.26 Å². The van der Waals surface area contributed by atoms with Gasteiger partial charge in [0.15, 0.2) is 0 Å². The SMILES string of the molecule is Cc1ccc(-n2nc(C)c3c2OC(N)=C(C#N)[C@H]3c2ccc(C)o2)cc1. The number of aryl methyl sites for hydroxylation is 3. The van der Waals surface area contributed by atoms with Gasteiger partial charge in [-0.2, -0.15) is 10.4 Å². The standard InChI is InChI=1S/C20H18N4O2/c1-11-4-7-14(8-5-11)24-20-17(13(3)23-24)18(15(10-21)19(22)26-20)16-9-6-12(2)25-16/h4-9,18H,22H2,1-3H3/t18-/m0/s1. The van der Waals surface area contributed by atoms with Crippen molar-refractivity contribution in [2.75, 3.05) is 0 Å². The summed E-state index contributed by atoms with van der Waals surface area (Å²) in [5.41, 5.74) is 9.98. The van der Waals surface area contributed by atoms with E-state index in [1.54, 1.807) is 4.68 Å².